The SMILES string of the molecule is Cc1ccc(-n2c(SCC(N)=O)nc(-c3ccccc3)c2-c2ccccc2)cc1. The van der Waals surface area contributed by atoms with Crippen molar-refractivity contribution >= 4 is 17.7 Å². The number of nitrogens with zero attached hydrogens (tertiary/aromatic N) is 2. The second-order valence-corrected chi connectivity index (χ2v) is 7.69. The van der Waals surface area contributed by atoms with E-state index in [9.17, 15) is 4.79 Å². The number of aryl methyl sites for hydroxylation is 1. The summed E-state index contributed by atoms with van der Waals surface area (Å²) in [6, 6.07) is 28.6. The number of carbonyl (C=O) groups excluding carboxylic acids is 1. The number of benzene rings is 3. The van der Waals surface area contributed by atoms with Gasteiger partial charge in [-0.3, -0.25) is 9.36 Å². The summed E-state index contributed by atoms with van der Waals surface area (Å²) in [4.78, 5) is 16.4. The van der Waals surface area contributed by atoms with Crippen molar-refractivity contribution in [3.63, 3.8) is 0 Å². The number of amides is 1. The number of primary amides is 1. The molecule has 0 saturated heterocycles. The zero-order valence-corrected chi connectivity index (χ0v) is 16.9. The number of hydrogen-bond donors (Lipinski definition) is 1. The van der Waals surface area contributed by atoms with Crippen molar-refractivity contribution in [2.24, 2.45) is 5.73 Å². The van der Waals surface area contributed by atoms with Crippen LogP contribution in [0.2, 0.25) is 0 Å². The third-order valence-electron chi connectivity index (χ3n) is 4.58. The molecule has 0 spiro atoms. The third kappa shape index (κ3) is 4.10. The fourth-order valence-corrected chi connectivity index (χ4v) is 3.98. The molecule has 1 heterocycles. The minimum Gasteiger partial charge on any atom is -0.369 e. The number of carbonyl (C=O) groups is 1. The second kappa shape index (κ2) is 8.37. The Labute approximate surface area is 174 Å². The highest BCUT2D eigenvalue weighted by Gasteiger charge is 2.21. The van der Waals surface area contributed by atoms with E-state index in [0.717, 1.165) is 33.4 Å². The molecule has 0 radical (unpaired) electrons. The molecular weight excluding hydrogens is 378 g/mol. The Morgan fingerprint density at radius 3 is 2.07 bits per heavy atom. The van der Waals surface area contributed by atoms with Gasteiger partial charge in [-0.1, -0.05) is 90.1 Å². The first-order chi connectivity index (χ1) is 14.1. The number of rotatable bonds is 6. The van der Waals surface area contributed by atoms with E-state index in [1.54, 1.807) is 0 Å². The molecule has 4 aromatic rings. The van der Waals surface area contributed by atoms with Crippen LogP contribution in [0.25, 0.3) is 28.2 Å². The predicted molar refractivity (Wildman–Crippen MR) is 119 cm³/mol. The van der Waals surface area contributed by atoms with Crippen LogP contribution in [0.4, 0.5) is 0 Å². The number of thioether (sulfide) groups is 1. The highest BCUT2D eigenvalue weighted by atomic mass is 32.2. The Hall–Kier alpha value is -3.31. The van der Waals surface area contributed by atoms with Crippen LogP contribution < -0.4 is 5.73 Å². The molecule has 4 nitrogen and oxygen atoms in total. The Bertz CT molecular complexity index is 1120. The van der Waals surface area contributed by atoms with E-state index in [1.165, 1.54) is 17.3 Å². The molecule has 0 aliphatic carbocycles. The highest BCUT2D eigenvalue weighted by Crippen LogP contribution is 2.38. The van der Waals surface area contributed by atoms with Gasteiger partial charge in [-0.2, -0.15) is 0 Å². The topological polar surface area (TPSA) is 60.9 Å². The molecule has 5 heteroatoms. The van der Waals surface area contributed by atoms with Gasteiger partial charge in [0, 0.05) is 16.8 Å². The molecule has 1 aromatic heterocycles. The molecule has 1 amide bonds. The zero-order chi connectivity index (χ0) is 20.2. The van der Waals surface area contributed by atoms with E-state index in [-0.39, 0.29) is 11.7 Å². The largest absolute Gasteiger partial charge is 0.369 e. The Balaban J connectivity index is 2.00. The first-order valence-electron chi connectivity index (χ1n) is 9.35. The lowest BCUT2D eigenvalue weighted by atomic mass is 10.0. The van der Waals surface area contributed by atoms with Crippen molar-refractivity contribution in [3.8, 4) is 28.2 Å². The summed E-state index contributed by atoms with van der Waals surface area (Å²) in [5, 5.41) is 0.741. The van der Waals surface area contributed by atoms with Crippen molar-refractivity contribution in [1.29, 1.82) is 0 Å². The van der Waals surface area contributed by atoms with Crippen LogP contribution in [0.5, 0.6) is 0 Å². The Morgan fingerprint density at radius 2 is 1.48 bits per heavy atom. The quantitative estimate of drug-likeness (QED) is 0.459. The predicted octanol–water partition coefficient (Wildman–Crippen LogP) is 5.09. The molecule has 144 valence electrons. The second-order valence-electron chi connectivity index (χ2n) is 6.75. The van der Waals surface area contributed by atoms with Crippen molar-refractivity contribution in [2.75, 3.05) is 5.75 Å². The lowest BCUT2D eigenvalue weighted by Gasteiger charge is -2.13. The van der Waals surface area contributed by atoms with Gasteiger partial charge in [-0.15, -0.1) is 0 Å². The van der Waals surface area contributed by atoms with Crippen LogP contribution in [0, 0.1) is 6.92 Å². The average Bonchev–Trinajstić information content (AvgIpc) is 3.13. The minimum atomic E-state index is -0.365. The van der Waals surface area contributed by atoms with Gasteiger partial charge < -0.3 is 5.73 Å². The van der Waals surface area contributed by atoms with Gasteiger partial charge in [0.25, 0.3) is 0 Å². The van der Waals surface area contributed by atoms with Crippen LogP contribution in [0.1, 0.15) is 5.56 Å². The summed E-state index contributed by atoms with van der Waals surface area (Å²) >= 11 is 1.36. The van der Waals surface area contributed by atoms with E-state index in [0.29, 0.717) is 0 Å². The normalized spacial score (nSPS) is 10.8. The third-order valence-corrected chi connectivity index (χ3v) is 5.54. The number of aromatic nitrogens is 2. The molecular formula is C24H21N3OS. The first-order valence-corrected chi connectivity index (χ1v) is 10.3. The van der Waals surface area contributed by atoms with Crippen LogP contribution in [-0.2, 0) is 4.79 Å². The van der Waals surface area contributed by atoms with E-state index in [1.807, 2.05) is 36.4 Å². The van der Waals surface area contributed by atoms with Crippen LogP contribution in [0.3, 0.4) is 0 Å². The minimum absolute atomic E-state index is 0.172. The van der Waals surface area contributed by atoms with E-state index in [4.69, 9.17) is 10.7 Å². The number of imidazole rings is 1. The maximum Gasteiger partial charge on any atom is 0.227 e. The lowest BCUT2D eigenvalue weighted by molar-refractivity contribution is -0.115. The van der Waals surface area contributed by atoms with E-state index < -0.39 is 0 Å². The highest BCUT2D eigenvalue weighted by molar-refractivity contribution is 7.99. The Kier molecular flexibility index (Phi) is 5.49. The van der Waals surface area contributed by atoms with Crippen molar-refractivity contribution in [2.45, 2.75) is 12.1 Å². The average molecular weight is 400 g/mol. The molecule has 0 unspecified atom stereocenters. The summed E-state index contributed by atoms with van der Waals surface area (Å²) in [6.07, 6.45) is 0. The molecule has 0 saturated carbocycles. The fourth-order valence-electron chi connectivity index (χ4n) is 3.23. The molecule has 0 atom stereocenters. The molecule has 2 N–H and O–H groups in total. The summed E-state index contributed by atoms with van der Waals surface area (Å²) in [7, 11) is 0. The van der Waals surface area contributed by atoms with E-state index in [2.05, 4.69) is 60.0 Å². The Morgan fingerprint density at radius 1 is 0.897 bits per heavy atom. The van der Waals surface area contributed by atoms with Gasteiger partial charge in [0.1, 0.15) is 0 Å². The molecule has 0 aliphatic heterocycles. The van der Waals surface area contributed by atoms with Gasteiger partial charge in [-0.05, 0) is 19.1 Å². The van der Waals surface area contributed by atoms with Gasteiger partial charge in [0.05, 0.1) is 17.1 Å². The molecule has 0 bridgehead atoms. The van der Waals surface area contributed by atoms with Crippen molar-refractivity contribution in [1.82, 2.24) is 9.55 Å². The van der Waals surface area contributed by atoms with Crippen molar-refractivity contribution in [3.05, 3.63) is 90.5 Å². The molecule has 4 rings (SSSR count). The standard InChI is InChI=1S/C24H21N3OS/c1-17-12-14-20(15-13-17)27-23(19-10-6-3-7-11-19)22(18-8-4-2-5-9-18)26-24(27)29-16-21(25)28/h2-15H,16H2,1H3,(H2,25,28). The smallest absolute Gasteiger partial charge is 0.227 e. The first kappa shape index (κ1) is 19.0. The maximum absolute atomic E-state index is 11.5. The number of hydrogen-bond acceptors (Lipinski definition) is 3. The molecule has 0 fully saturated rings. The van der Waals surface area contributed by atoms with Gasteiger partial charge >= 0.3 is 0 Å². The zero-order valence-electron chi connectivity index (χ0n) is 16.1. The van der Waals surface area contributed by atoms with Crippen LogP contribution >= 0.6 is 11.8 Å². The monoisotopic (exact) mass is 399 g/mol. The molecule has 3 aromatic carbocycles. The summed E-state index contributed by atoms with van der Waals surface area (Å²) < 4.78 is 2.12. The van der Waals surface area contributed by atoms with E-state index >= 15 is 0 Å². The molecule has 0 aliphatic rings. The summed E-state index contributed by atoms with van der Waals surface area (Å²) in [5.74, 6) is -0.193. The van der Waals surface area contributed by atoms with Gasteiger partial charge in [0.15, 0.2) is 5.16 Å². The lowest BCUT2D eigenvalue weighted by Crippen LogP contribution is -2.13. The molecule has 29 heavy (non-hydrogen) atoms. The van der Waals surface area contributed by atoms with Gasteiger partial charge in [0.2, 0.25) is 5.91 Å². The van der Waals surface area contributed by atoms with Crippen LogP contribution in [-0.4, -0.2) is 21.2 Å². The van der Waals surface area contributed by atoms with Crippen molar-refractivity contribution < 1.29 is 4.79 Å². The van der Waals surface area contributed by atoms with Crippen LogP contribution in [0.15, 0.2) is 90.1 Å². The number of nitrogens with two attached hydrogens (primary N) is 1. The summed E-state index contributed by atoms with van der Waals surface area (Å²) in [5.41, 5.74) is 11.6. The summed E-state index contributed by atoms with van der Waals surface area (Å²) in [6.45, 7) is 2.06. The fraction of sp³-hybridized carbons (Fsp3) is 0.0833. The van der Waals surface area contributed by atoms with Gasteiger partial charge in [-0.25, -0.2) is 4.98 Å². The maximum atomic E-state index is 11.5.